The zero-order valence-corrected chi connectivity index (χ0v) is 15.1. The number of nitrogens with one attached hydrogen (secondary N) is 2. The average molecular weight is 385 g/mol. The summed E-state index contributed by atoms with van der Waals surface area (Å²) in [7, 11) is 0. The molecule has 1 aromatic rings. The normalized spacial score (nSPS) is 25.1. The van der Waals surface area contributed by atoms with Crippen molar-refractivity contribution in [3.05, 3.63) is 29.0 Å². The Kier molecular flexibility index (Phi) is 6.32. The van der Waals surface area contributed by atoms with E-state index in [1.54, 1.807) is 0 Å². The van der Waals surface area contributed by atoms with Gasteiger partial charge < -0.3 is 20.1 Å². The fourth-order valence-electron chi connectivity index (χ4n) is 3.10. The second-order valence-electron chi connectivity index (χ2n) is 6.64. The van der Waals surface area contributed by atoms with Crippen molar-refractivity contribution < 1.29 is 23.5 Å². The van der Waals surface area contributed by atoms with Crippen LogP contribution in [0.5, 0.6) is 5.75 Å². The molecule has 1 unspecified atom stereocenters. The van der Waals surface area contributed by atoms with Crippen LogP contribution in [0.25, 0.3) is 0 Å². The topological polar surface area (TPSA) is 76.7 Å². The van der Waals surface area contributed by atoms with Crippen LogP contribution in [-0.2, 0) is 14.3 Å². The zero-order valence-electron chi connectivity index (χ0n) is 14.3. The minimum atomic E-state index is -0.586. The highest BCUT2D eigenvalue weighted by Crippen LogP contribution is 2.21. The molecule has 2 amide bonds. The van der Waals surface area contributed by atoms with Crippen molar-refractivity contribution >= 4 is 23.4 Å². The maximum absolute atomic E-state index is 13.3. The van der Waals surface area contributed by atoms with Crippen molar-refractivity contribution in [2.75, 3.05) is 13.2 Å². The number of carbonyl (C=O) groups is 2. The standard InChI is InChI=1S/C18H22ClFN2O4/c19-14-6-5-13(9-15(14)20)26-10-17(23)21-11-1-3-12(4-2-11)22-18(24)16-7-8-25-16/h5-6,9,11-12,16H,1-4,7-8,10H2,(H,21,23)(H,22,24). The first-order valence-electron chi connectivity index (χ1n) is 8.80. The minimum Gasteiger partial charge on any atom is -0.484 e. The largest absolute Gasteiger partial charge is 0.484 e. The van der Waals surface area contributed by atoms with Crippen molar-refractivity contribution in [1.29, 1.82) is 0 Å². The SMILES string of the molecule is O=C(COc1ccc(Cl)c(F)c1)NC1CCC(NC(=O)C2CCO2)CC1. The number of amides is 2. The second-order valence-corrected chi connectivity index (χ2v) is 7.04. The molecule has 1 saturated carbocycles. The Morgan fingerprint density at radius 1 is 1.15 bits per heavy atom. The van der Waals surface area contributed by atoms with Gasteiger partial charge >= 0.3 is 0 Å². The predicted molar refractivity (Wildman–Crippen MR) is 93.6 cm³/mol. The molecule has 2 N–H and O–H groups in total. The van der Waals surface area contributed by atoms with E-state index >= 15 is 0 Å². The van der Waals surface area contributed by atoms with Gasteiger partial charge in [0.05, 0.1) is 11.6 Å². The molecule has 8 heteroatoms. The van der Waals surface area contributed by atoms with Crippen molar-refractivity contribution in [3.63, 3.8) is 0 Å². The van der Waals surface area contributed by atoms with E-state index in [0.29, 0.717) is 6.61 Å². The molecule has 1 aromatic carbocycles. The number of benzene rings is 1. The quantitative estimate of drug-likeness (QED) is 0.788. The summed E-state index contributed by atoms with van der Waals surface area (Å²) in [6.45, 7) is 0.471. The minimum absolute atomic E-state index is 0.00882. The highest BCUT2D eigenvalue weighted by atomic mass is 35.5. The van der Waals surface area contributed by atoms with Gasteiger partial charge in [-0.05, 0) is 37.8 Å². The van der Waals surface area contributed by atoms with Crippen molar-refractivity contribution in [2.45, 2.75) is 50.3 Å². The van der Waals surface area contributed by atoms with Gasteiger partial charge in [-0.3, -0.25) is 9.59 Å². The molecule has 0 radical (unpaired) electrons. The summed E-state index contributed by atoms with van der Waals surface area (Å²) < 4.78 is 23.8. The first kappa shape index (κ1) is 18.9. The van der Waals surface area contributed by atoms with Crippen molar-refractivity contribution in [2.24, 2.45) is 0 Å². The predicted octanol–water partition coefficient (Wildman–Crippen LogP) is 2.19. The molecule has 1 aliphatic heterocycles. The van der Waals surface area contributed by atoms with Gasteiger partial charge in [-0.1, -0.05) is 11.6 Å². The molecule has 26 heavy (non-hydrogen) atoms. The van der Waals surface area contributed by atoms with Crippen LogP contribution in [0.3, 0.4) is 0 Å². The molecule has 1 heterocycles. The Labute approximate surface area is 156 Å². The highest BCUT2D eigenvalue weighted by molar-refractivity contribution is 6.30. The van der Waals surface area contributed by atoms with Crippen LogP contribution in [0.2, 0.25) is 5.02 Å². The van der Waals surface area contributed by atoms with E-state index in [0.717, 1.165) is 38.2 Å². The smallest absolute Gasteiger partial charge is 0.258 e. The molecule has 0 aromatic heterocycles. The number of hydrogen-bond acceptors (Lipinski definition) is 4. The maximum atomic E-state index is 13.3. The van der Waals surface area contributed by atoms with Crippen molar-refractivity contribution in [1.82, 2.24) is 10.6 Å². The molecule has 0 spiro atoms. The van der Waals surface area contributed by atoms with Gasteiger partial charge in [0.15, 0.2) is 6.61 Å². The van der Waals surface area contributed by atoms with E-state index in [-0.39, 0.29) is 47.4 Å². The number of rotatable bonds is 6. The van der Waals surface area contributed by atoms with Gasteiger partial charge in [0.25, 0.3) is 5.91 Å². The second kappa shape index (κ2) is 8.68. The van der Waals surface area contributed by atoms with Gasteiger partial charge in [-0.25, -0.2) is 4.39 Å². The zero-order chi connectivity index (χ0) is 18.5. The third kappa shape index (κ3) is 5.08. The van der Waals surface area contributed by atoms with Crippen LogP contribution in [0.4, 0.5) is 4.39 Å². The van der Waals surface area contributed by atoms with E-state index < -0.39 is 5.82 Å². The molecule has 1 saturated heterocycles. The number of ether oxygens (including phenoxy) is 2. The van der Waals surface area contributed by atoms with E-state index in [9.17, 15) is 14.0 Å². The Bertz CT molecular complexity index is 661. The first-order valence-corrected chi connectivity index (χ1v) is 9.18. The highest BCUT2D eigenvalue weighted by Gasteiger charge is 2.30. The van der Waals surface area contributed by atoms with Gasteiger partial charge in [-0.2, -0.15) is 0 Å². The van der Waals surface area contributed by atoms with Gasteiger partial charge in [0.1, 0.15) is 17.7 Å². The summed E-state index contributed by atoms with van der Waals surface area (Å²) in [5.41, 5.74) is 0. The number of carbonyl (C=O) groups excluding carboxylic acids is 2. The Morgan fingerprint density at radius 2 is 1.81 bits per heavy atom. The molecule has 3 rings (SSSR count). The summed E-state index contributed by atoms with van der Waals surface area (Å²) in [6, 6.07) is 4.23. The van der Waals surface area contributed by atoms with Crippen molar-refractivity contribution in [3.8, 4) is 5.75 Å². The van der Waals surface area contributed by atoms with E-state index in [4.69, 9.17) is 21.1 Å². The summed E-state index contributed by atoms with van der Waals surface area (Å²) >= 11 is 5.60. The Morgan fingerprint density at radius 3 is 2.38 bits per heavy atom. The fourth-order valence-corrected chi connectivity index (χ4v) is 3.22. The lowest BCUT2D eigenvalue weighted by molar-refractivity contribution is -0.146. The summed E-state index contributed by atoms with van der Waals surface area (Å²) in [6.07, 6.45) is 3.70. The monoisotopic (exact) mass is 384 g/mol. The van der Waals surface area contributed by atoms with Crippen LogP contribution in [0.15, 0.2) is 18.2 Å². The fraction of sp³-hybridized carbons (Fsp3) is 0.556. The molecular weight excluding hydrogens is 363 g/mol. The average Bonchev–Trinajstić information content (AvgIpc) is 2.56. The van der Waals surface area contributed by atoms with Gasteiger partial charge in [0, 0.05) is 24.6 Å². The maximum Gasteiger partial charge on any atom is 0.258 e. The lowest BCUT2D eigenvalue weighted by atomic mass is 9.91. The summed E-state index contributed by atoms with van der Waals surface area (Å²) in [4.78, 5) is 23.8. The van der Waals surface area contributed by atoms with Gasteiger partial charge in [-0.15, -0.1) is 0 Å². The molecular formula is C18H22ClFN2O4. The van der Waals surface area contributed by atoms with Crippen LogP contribution in [0.1, 0.15) is 32.1 Å². The molecule has 2 fully saturated rings. The Hall–Kier alpha value is -1.86. The van der Waals surface area contributed by atoms with Crippen LogP contribution >= 0.6 is 11.6 Å². The van der Waals surface area contributed by atoms with E-state index in [2.05, 4.69) is 10.6 Å². The van der Waals surface area contributed by atoms with E-state index in [1.165, 1.54) is 12.1 Å². The lowest BCUT2D eigenvalue weighted by Gasteiger charge is -2.32. The number of hydrogen-bond donors (Lipinski definition) is 2. The third-order valence-electron chi connectivity index (χ3n) is 4.69. The molecule has 6 nitrogen and oxygen atoms in total. The van der Waals surface area contributed by atoms with Gasteiger partial charge in [0.2, 0.25) is 5.91 Å². The molecule has 2 aliphatic rings. The number of halogens is 2. The van der Waals surface area contributed by atoms with Crippen LogP contribution in [-0.4, -0.2) is 43.2 Å². The molecule has 1 aliphatic carbocycles. The molecule has 142 valence electrons. The lowest BCUT2D eigenvalue weighted by Crippen LogP contribution is -2.49. The Balaban J connectivity index is 1.35. The molecule has 1 atom stereocenters. The van der Waals surface area contributed by atoms with Crippen LogP contribution < -0.4 is 15.4 Å². The molecule has 0 bridgehead atoms. The third-order valence-corrected chi connectivity index (χ3v) is 5.00. The summed E-state index contributed by atoms with van der Waals surface area (Å²) in [5.74, 6) is -0.619. The summed E-state index contributed by atoms with van der Waals surface area (Å²) in [5, 5.41) is 5.93. The van der Waals surface area contributed by atoms with E-state index in [1.807, 2.05) is 0 Å². The first-order chi connectivity index (χ1) is 12.5. The van der Waals surface area contributed by atoms with Crippen LogP contribution in [0, 0.1) is 5.82 Å².